The maximum absolute atomic E-state index is 12.5. The number of nitriles is 1. The average molecular weight is 432 g/mol. The summed E-state index contributed by atoms with van der Waals surface area (Å²) in [6.45, 7) is 5.24. The first-order chi connectivity index (χ1) is 14.0. The molecule has 0 saturated carbocycles. The molecule has 0 spiro atoms. The van der Waals surface area contributed by atoms with Crippen molar-refractivity contribution in [3.05, 3.63) is 69.2 Å². The van der Waals surface area contributed by atoms with E-state index in [1.54, 1.807) is 12.1 Å². The van der Waals surface area contributed by atoms with Crippen LogP contribution in [0.15, 0.2) is 42.5 Å². The molecule has 2 aromatic carbocycles. The van der Waals surface area contributed by atoms with Gasteiger partial charge in [-0.3, -0.25) is 9.69 Å². The number of rotatable bonds is 6. The fourth-order valence-electron chi connectivity index (χ4n) is 3.31. The molecule has 3 rings (SSSR count). The SMILES string of the molecule is CC(C(=O)NCC1CN(Cc2ccc(Cl)c(Cl)c2)CCO1)c1ccc(C#N)cc1. The summed E-state index contributed by atoms with van der Waals surface area (Å²) >= 11 is 12.1. The second-order valence-electron chi connectivity index (χ2n) is 7.18. The lowest BCUT2D eigenvalue weighted by Gasteiger charge is -2.33. The lowest BCUT2D eigenvalue weighted by atomic mass is 9.99. The number of nitrogens with zero attached hydrogens (tertiary/aromatic N) is 2. The smallest absolute Gasteiger partial charge is 0.227 e. The summed E-state index contributed by atoms with van der Waals surface area (Å²) < 4.78 is 5.82. The number of carbonyl (C=O) groups excluding carboxylic acids is 1. The van der Waals surface area contributed by atoms with E-state index in [9.17, 15) is 4.79 Å². The maximum Gasteiger partial charge on any atom is 0.227 e. The van der Waals surface area contributed by atoms with E-state index in [1.807, 2.05) is 37.3 Å². The van der Waals surface area contributed by atoms with Crippen LogP contribution in [-0.2, 0) is 16.1 Å². The van der Waals surface area contributed by atoms with Crippen LogP contribution in [0, 0.1) is 11.3 Å². The Morgan fingerprint density at radius 2 is 2.03 bits per heavy atom. The molecule has 1 N–H and O–H groups in total. The van der Waals surface area contributed by atoms with Gasteiger partial charge in [-0.1, -0.05) is 41.4 Å². The van der Waals surface area contributed by atoms with Gasteiger partial charge in [0.05, 0.1) is 40.3 Å². The quantitative estimate of drug-likeness (QED) is 0.750. The first-order valence-electron chi connectivity index (χ1n) is 9.52. The summed E-state index contributed by atoms with van der Waals surface area (Å²) in [6, 6.07) is 14.8. The fourth-order valence-corrected chi connectivity index (χ4v) is 3.63. The Kier molecular flexibility index (Phi) is 7.51. The first kappa shape index (κ1) is 21.6. The third kappa shape index (κ3) is 5.94. The Hall–Kier alpha value is -2.10. The molecule has 1 amide bonds. The van der Waals surface area contributed by atoms with Gasteiger partial charge in [0.25, 0.3) is 0 Å². The molecule has 2 unspecified atom stereocenters. The van der Waals surface area contributed by atoms with E-state index < -0.39 is 0 Å². The zero-order chi connectivity index (χ0) is 20.8. The highest BCUT2D eigenvalue weighted by Gasteiger charge is 2.23. The van der Waals surface area contributed by atoms with Gasteiger partial charge in [-0.05, 0) is 42.3 Å². The predicted octanol–water partition coefficient (Wildman–Crippen LogP) is 3.99. The van der Waals surface area contributed by atoms with Gasteiger partial charge in [0.2, 0.25) is 5.91 Å². The Morgan fingerprint density at radius 3 is 2.72 bits per heavy atom. The number of morpholine rings is 1. The third-order valence-corrected chi connectivity index (χ3v) is 5.79. The van der Waals surface area contributed by atoms with Crippen molar-refractivity contribution in [2.75, 3.05) is 26.2 Å². The van der Waals surface area contributed by atoms with Crippen molar-refractivity contribution < 1.29 is 9.53 Å². The normalized spacial score (nSPS) is 18.1. The molecule has 2 atom stereocenters. The number of hydrogen-bond acceptors (Lipinski definition) is 4. The second-order valence-corrected chi connectivity index (χ2v) is 7.99. The molecule has 0 radical (unpaired) electrons. The van der Waals surface area contributed by atoms with Crippen molar-refractivity contribution in [3.8, 4) is 6.07 Å². The zero-order valence-electron chi connectivity index (χ0n) is 16.2. The minimum absolute atomic E-state index is 0.0556. The lowest BCUT2D eigenvalue weighted by Crippen LogP contribution is -2.47. The molecule has 2 aromatic rings. The van der Waals surface area contributed by atoms with Crippen LogP contribution in [0.3, 0.4) is 0 Å². The monoisotopic (exact) mass is 431 g/mol. The molecular formula is C22H23Cl2N3O2. The van der Waals surface area contributed by atoms with Gasteiger partial charge in [0.1, 0.15) is 0 Å². The van der Waals surface area contributed by atoms with Gasteiger partial charge in [0, 0.05) is 26.2 Å². The summed E-state index contributed by atoms with van der Waals surface area (Å²) in [6.07, 6.45) is -0.0661. The molecule has 152 valence electrons. The van der Waals surface area contributed by atoms with Gasteiger partial charge in [-0.15, -0.1) is 0 Å². The maximum atomic E-state index is 12.5. The standard InChI is InChI=1S/C22H23Cl2N3O2/c1-15(18-5-2-16(11-25)3-6-18)22(28)26-12-19-14-27(8-9-29-19)13-17-4-7-20(23)21(24)10-17/h2-7,10,15,19H,8-9,12-14H2,1H3,(H,26,28). The van der Waals surface area contributed by atoms with Crippen molar-refractivity contribution in [1.82, 2.24) is 10.2 Å². The van der Waals surface area contributed by atoms with Crippen molar-refractivity contribution in [2.45, 2.75) is 25.5 Å². The van der Waals surface area contributed by atoms with Crippen molar-refractivity contribution >= 4 is 29.1 Å². The Morgan fingerprint density at radius 1 is 1.28 bits per heavy atom. The van der Waals surface area contributed by atoms with E-state index in [0.717, 1.165) is 30.8 Å². The minimum Gasteiger partial charge on any atom is -0.374 e. The summed E-state index contributed by atoms with van der Waals surface area (Å²) in [7, 11) is 0. The van der Waals surface area contributed by atoms with Crippen LogP contribution in [0.25, 0.3) is 0 Å². The average Bonchev–Trinajstić information content (AvgIpc) is 2.74. The third-order valence-electron chi connectivity index (χ3n) is 5.05. The molecule has 5 nitrogen and oxygen atoms in total. The largest absolute Gasteiger partial charge is 0.374 e. The van der Waals surface area contributed by atoms with Gasteiger partial charge in [0.15, 0.2) is 0 Å². The first-order valence-corrected chi connectivity index (χ1v) is 10.3. The highest BCUT2D eigenvalue weighted by molar-refractivity contribution is 6.42. The number of benzene rings is 2. The molecule has 1 fully saturated rings. The highest BCUT2D eigenvalue weighted by atomic mass is 35.5. The summed E-state index contributed by atoms with van der Waals surface area (Å²) in [5.41, 5.74) is 2.56. The van der Waals surface area contributed by atoms with Crippen LogP contribution < -0.4 is 5.32 Å². The fraction of sp³-hybridized carbons (Fsp3) is 0.364. The van der Waals surface area contributed by atoms with Crippen LogP contribution in [0.2, 0.25) is 10.0 Å². The molecule has 1 aliphatic heterocycles. The minimum atomic E-state index is -0.293. The highest BCUT2D eigenvalue weighted by Crippen LogP contribution is 2.23. The number of hydrogen-bond donors (Lipinski definition) is 1. The number of halogens is 2. The van der Waals surface area contributed by atoms with E-state index >= 15 is 0 Å². The number of amides is 1. The number of ether oxygens (including phenoxy) is 1. The second kappa shape index (κ2) is 10.1. The molecule has 0 aromatic heterocycles. The number of carbonyl (C=O) groups is 1. The number of nitrogens with one attached hydrogen (secondary N) is 1. The Labute approximate surface area is 181 Å². The molecule has 1 aliphatic rings. The summed E-state index contributed by atoms with van der Waals surface area (Å²) in [4.78, 5) is 14.8. The Balaban J connectivity index is 1.50. The van der Waals surface area contributed by atoms with Crippen molar-refractivity contribution in [3.63, 3.8) is 0 Å². The van der Waals surface area contributed by atoms with Crippen LogP contribution in [-0.4, -0.2) is 43.2 Å². The molecule has 0 bridgehead atoms. The van der Waals surface area contributed by atoms with Crippen molar-refractivity contribution in [2.24, 2.45) is 0 Å². The summed E-state index contributed by atoms with van der Waals surface area (Å²) in [5, 5.41) is 13.0. The summed E-state index contributed by atoms with van der Waals surface area (Å²) in [5.74, 6) is -0.349. The molecule has 29 heavy (non-hydrogen) atoms. The Bertz CT molecular complexity index is 896. The van der Waals surface area contributed by atoms with Gasteiger partial charge >= 0.3 is 0 Å². The molecule has 0 aliphatic carbocycles. The van der Waals surface area contributed by atoms with Gasteiger partial charge < -0.3 is 10.1 Å². The van der Waals surface area contributed by atoms with Gasteiger partial charge in [-0.25, -0.2) is 0 Å². The van der Waals surface area contributed by atoms with E-state index in [4.69, 9.17) is 33.2 Å². The molecular weight excluding hydrogens is 409 g/mol. The lowest BCUT2D eigenvalue weighted by molar-refractivity contribution is -0.123. The van der Waals surface area contributed by atoms with Crippen LogP contribution in [0.4, 0.5) is 0 Å². The van der Waals surface area contributed by atoms with E-state index in [-0.39, 0.29) is 17.9 Å². The van der Waals surface area contributed by atoms with Crippen molar-refractivity contribution in [1.29, 1.82) is 5.26 Å². The predicted molar refractivity (Wildman–Crippen MR) is 114 cm³/mol. The van der Waals surface area contributed by atoms with E-state index in [0.29, 0.717) is 28.8 Å². The van der Waals surface area contributed by atoms with E-state index in [1.165, 1.54) is 0 Å². The van der Waals surface area contributed by atoms with Crippen LogP contribution in [0.5, 0.6) is 0 Å². The molecule has 1 heterocycles. The van der Waals surface area contributed by atoms with E-state index in [2.05, 4.69) is 16.3 Å². The topological polar surface area (TPSA) is 65.4 Å². The molecule has 7 heteroatoms. The van der Waals surface area contributed by atoms with Crippen LogP contribution >= 0.6 is 23.2 Å². The van der Waals surface area contributed by atoms with Crippen LogP contribution in [0.1, 0.15) is 29.5 Å². The zero-order valence-corrected chi connectivity index (χ0v) is 17.7. The molecule has 1 saturated heterocycles. The van der Waals surface area contributed by atoms with Gasteiger partial charge in [-0.2, -0.15) is 5.26 Å².